The van der Waals surface area contributed by atoms with Crippen LogP contribution in [0.5, 0.6) is 0 Å². The van der Waals surface area contributed by atoms with Crippen LogP contribution in [0.1, 0.15) is 0 Å². The molecule has 0 atom stereocenters. The monoisotopic (exact) mass is 124 g/mol. The van der Waals surface area contributed by atoms with Gasteiger partial charge in [0.1, 0.15) is 0 Å². The maximum atomic E-state index is 9.94. The Morgan fingerprint density at radius 1 is 1.78 bits per heavy atom. The molecule has 9 heavy (non-hydrogen) atoms. The van der Waals surface area contributed by atoms with Gasteiger partial charge >= 0.3 is 0 Å². The van der Waals surface area contributed by atoms with Crippen LogP contribution in [0.3, 0.4) is 0 Å². The van der Waals surface area contributed by atoms with Crippen LogP contribution in [0.15, 0.2) is 27.9 Å². The molecule has 0 aliphatic carbocycles. The quantitative estimate of drug-likeness (QED) is 0.482. The van der Waals surface area contributed by atoms with Crippen LogP contribution in [0.25, 0.3) is 0 Å². The van der Waals surface area contributed by atoms with E-state index >= 15 is 0 Å². The molecule has 1 heterocycles. The van der Waals surface area contributed by atoms with E-state index in [2.05, 4.69) is 15.0 Å². The van der Waals surface area contributed by atoms with Gasteiger partial charge in [0.25, 0.3) is 0 Å². The lowest BCUT2D eigenvalue weighted by Gasteiger charge is -1.92. The maximum absolute atomic E-state index is 9.94. The smallest absolute Gasteiger partial charge is 0.212 e. The van der Waals surface area contributed by atoms with E-state index < -0.39 is 0 Å². The number of rotatable bonds is 1. The molecule has 0 radical (unpaired) electrons. The van der Waals surface area contributed by atoms with Crippen molar-refractivity contribution in [3.05, 3.63) is 17.7 Å². The molecular weight excluding hydrogens is 120 g/mol. The van der Waals surface area contributed by atoms with E-state index in [0.29, 0.717) is 5.76 Å². The number of methoxy groups -OCH3 is 1. The minimum atomic E-state index is 0.123. The second-order valence-electron chi connectivity index (χ2n) is 1.36. The Kier molecular flexibility index (Phi) is 1.42. The third kappa shape index (κ3) is 0.876. The molecule has 0 fully saturated rings. The summed E-state index contributed by atoms with van der Waals surface area (Å²) in [7, 11) is 1.44. The molecule has 0 aromatic heterocycles. The lowest BCUT2D eigenvalue weighted by molar-refractivity contribution is 0.302. The van der Waals surface area contributed by atoms with Crippen LogP contribution >= 0.6 is 0 Å². The number of hydrogen-bond donors (Lipinski definition) is 0. The SMILES string of the molecule is COC1=CN=NC1=C=O. The van der Waals surface area contributed by atoms with Crippen molar-refractivity contribution in [2.24, 2.45) is 10.2 Å². The zero-order valence-corrected chi connectivity index (χ0v) is 4.79. The van der Waals surface area contributed by atoms with Crippen molar-refractivity contribution in [3.63, 3.8) is 0 Å². The van der Waals surface area contributed by atoms with Crippen LogP contribution in [0.4, 0.5) is 0 Å². The summed E-state index contributed by atoms with van der Waals surface area (Å²) in [5.41, 5.74) is 0.123. The largest absolute Gasteiger partial charge is 0.492 e. The second-order valence-corrected chi connectivity index (χ2v) is 1.36. The van der Waals surface area contributed by atoms with Crippen molar-refractivity contribution >= 4 is 5.94 Å². The molecule has 1 aliphatic rings. The minimum Gasteiger partial charge on any atom is -0.492 e. The Morgan fingerprint density at radius 2 is 2.56 bits per heavy atom. The Balaban J connectivity index is 2.91. The predicted octanol–water partition coefficient (Wildman–Crippen LogP) is 0.655. The molecule has 0 saturated carbocycles. The second kappa shape index (κ2) is 2.24. The van der Waals surface area contributed by atoms with E-state index in [1.54, 1.807) is 5.94 Å². The summed E-state index contributed by atoms with van der Waals surface area (Å²) >= 11 is 0. The fourth-order valence-electron chi connectivity index (χ4n) is 0.470. The van der Waals surface area contributed by atoms with E-state index in [-0.39, 0.29) is 5.70 Å². The van der Waals surface area contributed by atoms with Crippen molar-refractivity contribution in [3.8, 4) is 0 Å². The summed E-state index contributed by atoms with van der Waals surface area (Å²) in [4.78, 5) is 9.94. The van der Waals surface area contributed by atoms with Gasteiger partial charge in [-0.05, 0) is 0 Å². The summed E-state index contributed by atoms with van der Waals surface area (Å²) in [5, 5.41) is 6.83. The third-order valence-electron chi connectivity index (χ3n) is 0.883. The average molecular weight is 124 g/mol. The van der Waals surface area contributed by atoms with Crippen molar-refractivity contribution < 1.29 is 9.53 Å². The molecular formula is C5H4N2O2. The Bertz CT molecular complexity index is 223. The summed E-state index contributed by atoms with van der Waals surface area (Å²) in [6.45, 7) is 0. The van der Waals surface area contributed by atoms with Gasteiger partial charge in [-0.1, -0.05) is 0 Å². The average Bonchev–Trinajstić information content (AvgIpc) is 2.33. The summed E-state index contributed by atoms with van der Waals surface area (Å²) in [6.07, 6.45) is 1.36. The Morgan fingerprint density at radius 3 is 3.00 bits per heavy atom. The zero-order chi connectivity index (χ0) is 6.69. The first kappa shape index (κ1) is 5.72. The molecule has 46 valence electrons. The van der Waals surface area contributed by atoms with E-state index in [1.807, 2.05) is 0 Å². The highest BCUT2D eigenvalue weighted by Gasteiger charge is 2.09. The van der Waals surface area contributed by atoms with Crippen molar-refractivity contribution in [2.75, 3.05) is 7.11 Å². The molecule has 1 rings (SSSR count). The Labute approximate surface area is 51.5 Å². The van der Waals surface area contributed by atoms with Crippen LogP contribution in [-0.2, 0) is 9.53 Å². The number of azo groups is 1. The summed E-state index contributed by atoms with van der Waals surface area (Å²) in [5.74, 6) is 1.94. The topological polar surface area (TPSA) is 51.0 Å². The normalized spacial score (nSPS) is 15.2. The van der Waals surface area contributed by atoms with Gasteiger partial charge in [0.05, 0.1) is 13.3 Å². The first-order chi connectivity index (χ1) is 4.38. The third-order valence-corrected chi connectivity index (χ3v) is 0.883. The van der Waals surface area contributed by atoms with Crippen molar-refractivity contribution in [1.82, 2.24) is 0 Å². The standard InChI is InChI=1S/C5H4N2O2/c1-9-5-2-6-7-4(5)3-8/h2H,1H3. The molecule has 4 heteroatoms. The molecule has 0 N–H and O–H groups in total. The summed E-state index contributed by atoms with van der Waals surface area (Å²) in [6, 6.07) is 0. The molecule has 0 unspecified atom stereocenters. The highest BCUT2D eigenvalue weighted by atomic mass is 16.5. The van der Waals surface area contributed by atoms with Crippen LogP contribution < -0.4 is 0 Å². The van der Waals surface area contributed by atoms with Gasteiger partial charge in [-0.25, -0.2) is 4.79 Å². The fourth-order valence-corrected chi connectivity index (χ4v) is 0.470. The van der Waals surface area contributed by atoms with E-state index in [9.17, 15) is 4.79 Å². The number of carbonyl (C=O) groups excluding carboxylic acids is 1. The predicted molar refractivity (Wildman–Crippen MR) is 29.2 cm³/mol. The van der Waals surface area contributed by atoms with Gasteiger partial charge in [0.2, 0.25) is 5.70 Å². The molecule has 0 saturated heterocycles. The van der Waals surface area contributed by atoms with Crippen LogP contribution in [0, 0.1) is 0 Å². The van der Waals surface area contributed by atoms with Crippen molar-refractivity contribution in [1.29, 1.82) is 0 Å². The molecule has 1 aliphatic heterocycles. The van der Waals surface area contributed by atoms with Gasteiger partial charge in [0.15, 0.2) is 11.7 Å². The van der Waals surface area contributed by atoms with Gasteiger partial charge in [-0.2, -0.15) is 5.11 Å². The molecule has 0 aromatic rings. The van der Waals surface area contributed by atoms with Crippen LogP contribution in [0.2, 0.25) is 0 Å². The van der Waals surface area contributed by atoms with Gasteiger partial charge in [-0.15, -0.1) is 5.11 Å². The minimum absolute atomic E-state index is 0.123. The maximum Gasteiger partial charge on any atom is 0.212 e. The zero-order valence-electron chi connectivity index (χ0n) is 4.79. The first-order valence-corrected chi connectivity index (χ1v) is 2.29. The molecule has 0 bridgehead atoms. The number of hydrogen-bond acceptors (Lipinski definition) is 4. The molecule has 4 nitrogen and oxygen atoms in total. The van der Waals surface area contributed by atoms with Crippen LogP contribution in [-0.4, -0.2) is 13.1 Å². The first-order valence-electron chi connectivity index (χ1n) is 2.29. The lowest BCUT2D eigenvalue weighted by Crippen LogP contribution is -1.85. The van der Waals surface area contributed by atoms with Gasteiger partial charge < -0.3 is 4.74 Å². The Hall–Kier alpha value is -1.41. The molecule has 0 amide bonds. The van der Waals surface area contributed by atoms with E-state index in [4.69, 9.17) is 0 Å². The van der Waals surface area contributed by atoms with E-state index in [0.717, 1.165) is 0 Å². The summed E-state index contributed by atoms with van der Waals surface area (Å²) < 4.78 is 4.69. The number of ether oxygens (including phenoxy) is 1. The lowest BCUT2D eigenvalue weighted by atomic mass is 10.4. The van der Waals surface area contributed by atoms with Crippen molar-refractivity contribution in [2.45, 2.75) is 0 Å². The number of nitrogens with zero attached hydrogens (tertiary/aromatic N) is 2. The fraction of sp³-hybridized carbons (Fsp3) is 0.200. The van der Waals surface area contributed by atoms with Gasteiger partial charge in [0, 0.05) is 0 Å². The van der Waals surface area contributed by atoms with E-state index in [1.165, 1.54) is 13.3 Å². The highest BCUT2D eigenvalue weighted by molar-refractivity contribution is 5.59. The highest BCUT2D eigenvalue weighted by Crippen LogP contribution is 2.15. The van der Waals surface area contributed by atoms with Gasteiger partial charge in [-0.3, -0.25) is 0 Å². The molecule has 0 aromatic carbocycles. The molecule has 0 spiro atoms.